The Balaban J connectivity index is 1.98. The first-order chi connectivity index (χ1) is 9.95. The Hall–Kier alpha value is -2.07. The number of hydrogen-bond donors (Lipinski definition) is 2. The summed E-state index contributed by atoms with van der Waals surface area (Å²) < 4.78 is 0. The van der Waals surface area contributed by atoms with E-state index in [2.05, 4.69) is 22.5 Å². The molecule has 21 heavy (non-hydrogen) atoms. The average molecular weight is 304 g/mol. The summed E-state index contributed by atoms with van der Waals surface area (Å²) in [6, 6.07) is 9.01. The smallest absolute Gasteiger partial charge is 0.247 e. The normalized spacial score (nSPS) is 11.8. The van der Waals surface area contributed by atoms with Gasteiger partial charge in [-0.15, -0.1) is 0 Å². The van der Waals surface area contributed by atoms with Gasteiger partial charge >= 0.3 is 0 Å². The molecule has 5 heteroatoms. The first kappa shape index (κ1) is 15.3. The van der Waals surface area contributed by atoms with Crippen LogP contribution in [-0.2, 0) is 4.79 Å². The molecular formula is C16H18ClN3O. The molecule has 0 saturated heterocycles. The zero-order chi connectivity index (χ0) is 15.4. The highest BCUT2D eigenvalue weighted by Crippen LogP contribution is 2.15. The predicted molar refractivity (Wildman–Crippen MR) is 86.9 cm³/mol. The summed E-state index contributed by atoms with van der Waals surface area (Å²) in [5.41, 5.74) is 3.33. The lowest BCUT2D eigenvalue weighted by molar-refractivity contribution is -0.116. The number of hydrogen-bond acceptors (Lipinski definition) is 3. The van der Waals surface area contributed by atoms with Crippen LogP contribution in [0.2, 0.25) is 5.02 Å². The van der Waals surface area contributed by atoms with E-state index in [1.807, 2.05) is 25.1 Å². The van der Waals surface area contributed by atoms with Gasteiger partial charge in [0.1, 0.15) is 11.9 Å². The predicted octanol–water partition coefficient (Wildman–Crippen LogP) is 3.79. The maximum atomic E-state index is 12.1. The van der Waals surface area contributed by atoms with Crippen molar-refractivity contribution >= 4 is 29.0 Å². The van der Waals surface area contributed by atoms with Crippen LogP contribution in [0.5, 0.6) is 0 Å². The fourth-order valence-corrected chi connectivity index (χ4v) is 1.94. The Kier molecular flexibility index (Phi) is 4.81. The van der Waals surface area contributed by atoms with E-state index in [1.54, 1.807) is 19.1 Å². The molecule has 0 radical (unpaired) electrons. The van der Waals surface area contributed by atoms with Crippen LogP contribution in [0, 0.1) is 13.8 Å². The SMILES string of the molecule is Cc1ccc(N[C@@H](C)C(=O)Nc2ccc(Cl)cn2)cc1C. The third-order valence-electron chi connectivity index (χ3n) is 3.26. The van der Waals surface area contributed by atoms with Gasteiger partial charge in [0, 0.05) is 11.9 Å². The lowest BCUT2D eigenvalue weighted by Crippen LogP contribution is -2.32. The molecule has 0 bridgehead atoms. The van der Waals surface area contributed by atoms with Gasteiger partial charge in [-0.25, -0.2) is 4.98 Å². The van der Waals surface area contributed by atoms with Crippen molar-refractivity contribution in [1.82, 2.24) is 4.98 Å². The van der Waals surface area contributed by atoms with Gasteiger partial charge in [-0.3, -0.25) is 4.79 Å². The lowest BCUT2D eigenvalue weighted by atomic mass is 10.1. The van der Waals surface area contributed by atoms with Gasteiger partial charge in [0.15, 0.2) is 0 Å². The maximum Gasteiger partial charge on any atom is 0.247 e. The molecule has 0 aliphatic rings. The van der Waals surface area contributed by atoms with Gasteiger partial charge in [-0.2, -0.15) is 0 Å². The number of nitrogens with zero attached hydrogens (tertiary/aromatic N) is 1. The summed E-state index contributed by atoms with van der Waals surface area (Å²) in [7, 11) is 0. The lowest BCUT2D eigenvalue weighted by Gasteiger charge is -2.16. The molecule has 0 spiro atoms. The molecule has 0 aliphatic heterocycles. The molecule has 1 aromatic carbocycles. The number of aromatic nitrogens is 1. The monoisotopic (exact) mass is 303 g/mol. The molecular weight excluding hydrogens is 286 g/mol. The summed E-state index contributed by atoms with van der Waals surface area (Å²) in [4.78, 5) is 16.1. The van der Waals surface area contributed by atoms with E-state index in [0.717, 1.165) is 5.69 Å². The van der Waals surface area contributed by atoms with Crippen molar-refractivity contribution in [3.05, 3.63) is 52.7 Å². The van der Waals surface area contributed by atoms with E-state index in [1.165, 1.54) is 17.3 Å². The van der Waals surface area contributed by atoms with Gasteiger partial charge in [-0.05, 0) is 56.2 Å². The number of pyridine rings is 1. The summed E-state index contributed by atoms with van der Waals surface area (Å²) in [6.45, 7) is 5.91. The van der Waals surface area contributed by atoms with Crippen LogP contribution in [0.4, 0.5) is 11.5 Å². The second-order valence-electron chi connectivity index (χ2n) is 5.02. The Morgan fingerprint density at radius 1 is 1.19 bits per heavy atom. The van der Waals surface area contributed by atoms with Crippen LogP contribution >= 0.6 is 11.6 Å². The van der Waals surface area contributed by atoms with Gasteiger partial charge < -0.3 is 10.6 Å². The van der Waals surface area contributed by atoms with Crippen LogP contribution in [0.15, 0.2) is 36.5 Å². The fourth-order valence-electron chi connectivity index (χ4n) is 1.83. The number of amides is 1. The molecule has 2 N–H and O–H groups in total. The minimum Gasteiger partial charge on any atom is -0.374 e. The number of anilines is 2. The minimum absolute atomic E-state index is 0.150. The second-order valence-corrected chi connectivity index (χ2v) is 5.45. The molecule has 0 aliphatic carbocycles. The number of aryl methyl sites for hydroxylation is 2. The van der Waals surface area contributed by atoms with Gasteiger partial charge in [0.05, 0.1) is 5.02 Å². The largest absolute Gasteiger partial charge is 0.374 e. The highest BCUT2D eigenvalue weighted by molar-refractivity contribution is 6.30. The van der Waals surface area contributed by atoms with Gasteiger partial charge in [0.25, 0.3) is 0 Å². The molecule has 0 fully saturated rings. The zero-order valence-corrected chi connectivity index (χ0v) is 13.0. The van der Waals surface area contributed by atoms with Crippen molar-refractivity contribution in [2.24, 2.45) is 0 Å². The summed E-state index contributed by atoms with van der Waals surface area (Å²) >= 11 is 5.76. The first-order valence-electron chi connectivity index (χ1n) is 6.72. The second kappa shape index (κ2) is 6.59. The average Bonchev–Trinajstić information content (AvgIpc) is 2.45. The molecule has 2 aromatic rings. The molecule has 0 saturated carbocycles. The van der Waals surface area contributed by atoms with Crippen LogP contribution < -0.4 is 10.6 Å². The Bertz CT molecular complexity index is 640. The molecule has 1 atom stereocenters. The Morgan fingerprint density at radius 2 is 1.95 bits per heavy atom. The number of rotatable bonds is 4. The highest BCUT2D eigenvalue weighted by Gasteiger charge is 2.13. The third-order valence-corrected chi connectivity index (χ3v) is 3.49. The first-order valence-corrected chi connectivity index (χ1v) is 7.09. The Morgan fingerprint density at radius 3 is 2.57 bits per heavy atom. The van der Waals surface area contributed by atoms with Crippen LogP contribution in [0.3, 0.4) is 0 Å². The van der Waals surface area contributed by atoms with Crippen molar-refractivity contribution in [3.8, 4) is 0 Å². The van der Waals surface area contributed by atoms with Crippen LogP contribution in [0.1, 0.15) is 18.1 Å². The van der Waals surface area contributed by atoms with Crippen molar-refractivity contribution < 1.29 is 4.79 Å². The molecule has 110 valence electrons. The number of carbonyl (C=O) groups excluding carboxylic acids is 1. The van der Waals surface area contributed by atoms with Gasteiger partial charge in [0.2, 0.25) is 5.91 Å². The number of carbonyl (C=O) groups is 1. The number of benzene rings is 1. The number of nitrogens with one attached hydrogen (secondary N) is 2. The van der Waals surface area contributed by atoms with Crippen LogP contribution in [-0.4, -0.2) is 16.9 Å². The molecule has 4 nitrogen and oxygen atoms in total. The Labute approximate surface area is 129 Å². The van der Waals surface area contributed by atoms with Crippen molar-refractivity contribution in [2.45, 2.75) is 26.8 Å². The quantitative estimate of drug-likeness (QED) is 0.903. The van der Waals surface area contributed by atoms with Crippen molar-refractivity contribution in [2.75, 3.05) is 10.6 Å². The minimum atomic E-state index is -0.371. The maximum absolute atomic E-state index is 12.1. The molecule has 2 rings (SSSR count). The van der Waals surface area contributed by atoms with E-state index >= 15 is 0 Å². The summed E-state index contributed by atoms with van der Waals surface area (Å²) in [5.74, 6) is 0.334. The molecule has 1 aromatic heterocycles. The molecule has 1 heterocycles. The van der Waals surface area contributed by atoms with E-state index in [-0.39, 0.29) is 11.9 Å². The van der Waals surface area contributed by atoms with E-state index in [9.17, 15) is 4.79 Å². The van der Waals surface area contributed by atoms with E-state index < -0.39 is 0 Å². The third kappa shape index (κ3) is 4.20. The molecule has 1 amide bonds. The van der Waals surface area contributed by atoms with Crippen LogP contribution in [0.25, 0.3) is 0 Å². The highest BCUT2D eigenvalue weighted by atomic mass is 35.5. The van der Waals surface area contributed by atoms with E-state index in [4.69, 9.17) is 11.6 Å². The topological polar surface area (TPSA) is 54.0 Å². The fraction of sp³-hybridized carbons (Fsp3) is 0.250. The van der Waals surface area contributed by atoms with Crippen molar-refractivity contribution in [3.63, 3.8) is 0 Å². The van der Waals surface area contributed by atoms with Gasteiger partial charge in [-0.1, -0.05) is 17.7 Å². The standard InChI is InChI=1S/C16H18ClN3O/c1-10-4-6-14(8-11(10)2)19-12(3)16(21)20-15-7-5-13(17)9-18-15/h4-9,12,19H,1-3H3,(H,18,20,21)/t12-/m0/s1. The summed E-state index contributed by atoms with van der Waals surface area (Å²) in [5, 5.41) is 6.46. The van der Waals surface area contributed by atoms with Crippen molar-refractivity contribution in [1.29, 1.82) is 0 Å². The molecule has 0 unspecified atom stereocenters. The van der Waals surface area contributed by atoms with E-state index in [0.29, 0.717) is 10.8 Å². The zero-order valence-electron chi connectivity index (χ0n) is 12.3. The number of halogens is 1. The summed E-state index contributed by atoms with van der Waals surface area (Å²) in [6.07, 6.45) is 1.50.